The van der Waals surface area contributed by atoms with Crippen molar-refractivity contribution in [1.29, 1.82) is 0 Å². The second-order valence-electron chi connectivity index (χ2n) is 4.14. The summed E-state index contributed by atoms with van der Waals surface area (Å²) in [5.41, 5.74) is 2.66. The lowest BCUT2D eigenvalue weighted by molar-refractivity contribution is 0.555. The average molecular weight is 246 g/mol. The lowest BCUT2D eigenvalue weighted by Crippen LogP contribution is -2.22. The number of likely N-dealkylation sites (N-methyl/N-ethyl adjacent to an activating group) is 1. The van der Waals surface area contributed by atoms with Gasteiger partial charge in [0.25, 0.3) is 0 Å². The molecule has 2 heterocycles. The monoisotopic (exact) mass is 246 g/mol. The summed E-state index contributed by atoms with van der Waals surface area (Å²) in [6.45, 7) is 5.32. The van der Waals surface area contributed by atoms with Crippen molar-refractivity contribution in [2.24, 2.45) is 0 Å². The molecule has 90 valence electrons. The fourth-order valence-corrected chi connectivity index (χ4v) is 3.00. The molecule has 17 heavy (non-hydrogen) atoms. The van der Waals surface area contributed by atoms with Gasteiger partial charge in [-0.15, -0.1) is 11.3 Å². The predicted octanol–water partition coefficient (Wildman–Crippen LogP) is 3.34. The Hall–Kier alpha value is -1.19. The van der Waals surface area contributed by atoms with E-state index in [0.717, 1.165) is 13.0 Å². The molecule has 2 aromatic heterocycles. The summed E-state index contributed by atoms with van der Waals surface area (Å²) in [5, 5.41) is 5.72. The highest BCUT2D eigenvalue weighted by Crippen LogP contribution is 2.26. The Balaban J connectivity index is 2.16. The van der Waals surface area contributed by atoms with E-state index < -0.39 is 0 Å². The lowest BCUT2D eigenvalue weighted by Gasteiger charge is -2.17. The van der Waals surface area contributed by atoms with Crippen molar-refractivity contribution in [3.63, 3.8) is 0 Å². The van der Waals surface area contributed by atoms with Gasteiger partial charge in [-0.1, -0.05) is 13.0 Å². The van der Waals surface area contributed by atoms with Gasteiger partial charge in [-0.3, -0.25) is 4.98 Å². The Labute approximate surface area is 107 Å². The molecule has 0 aliphatic carbocycles. The SMILES string of the molecule is CCNC(Cc1cccnc1)c1sccc1C. The van der Waals surface area contributed by atoms with E-state index in [1.54, 1.807) is 0 Å². The van der Waals surface area contributed by atoms with Gasteiger partial charge in [0.15, 0.2) is 0 Å². The van der Waals surface area contributed by atoms with Crippen molar-refractivity contribution in [3.05, 3.63) is 52.0 Å². The van der Waals surface area contributed by atoms with Crippen LogP contribution >= 0.6 is 11.3 Å². The largest absolute Gasteiger partial charge is 0.309 e. The first-order valence-corrected chi connectivity index (χ1v) is 6.85. The van der Waals surface area contributed by atoms with Crippen molar-refractivity contribution in [1.82, 2.24) is 10.3 Å². The Kier molecular flexibility index (Phi) is 4.29. The van der Waals surface area contributed by atoms with Crippen LogP contribution in [0.3, 0.4) is 0 Å². The maximum Gasteiger partial charge on any atom is 0.0458 e. The fourth-order valence-electron chi connectivity index (χ4n) is 2.00. The van der Waals surface area contributed by atoms with Crippen LogP contribution in [0.5, 0.6) is 0 Å². The summed E-state index contributed by atoms with van der Waals surface area (Å²) in [6, 6.07) is 6.73. The molecule has 0 saturated carbocycles. The Bertz CT molecular complexity index is 450. The number of thiophene rings is 1. The third kappa shape index (κ3) is 3.14. The van der Waals surface area contributed by atoms with Crippen molar-refractivity contribution in [3.8, 4) is 0 Å². The third-order valence-electron chi connectivity index (χ3n) is 2.83. The number of nitrogens with one attached hydrogen (secondary N) is 1. The average Bonchev–Trinajstić information content (AvgIpc) is 2.76. The summed E-state index contributed by atoms with van der Waals surface area (Å²) < 4.78 is 0. The number of aromatic nitrogens is 1. The predicted molar refractivity (Wildman–Crippen MR) is 73.4 cm³/mol. The minimum absolute atomic E-state index is 0.407. The minimum Gasteiger partial charge on any atom is -0.309 e. The lowest BCUT2D eigenvalue weighted by atomic mass is 10.0. The number of hydrogen-bond donors (Lipinski definition) is 1. The molecular weight excluding hydrogens is 228 g/mol. The zero-order valence-electron chi connectivity index (χ0n) is 10.3. The molecule has 2 rings (SSSR count). The summed E-state index contributed by atoms with van der Waals surface area (Å²) >= 11 is 1.83. The highest BCUT2D eigenvalue weighted by atomic mass is 32.1. The van der Waals surface area contributed by atoms with E-state index in [1.807, 2.05) is 29.8 Å². The van der Waals surface area contributed by atoms with Gasteiger partial charge in [0.1, 0.15) is 0 Å². The van der Waals surface area contributed by atoms with Gasteiger partial charge < -0.3 is 5.32 Å². The van der Waals surface area contributed by atoms with Gasteiger partial charge in [0, 0.05) is 23.3 Å². The van der Waals surface area contributed by atoms with E-state index in [2.05, 4.69) is 41.7 Å². The molecule has 1 atom stereocenters. The van der Waals surface area contributed by atoms with Crippen molar-refractivity contribution in [2.75, 3.05) is 6.54 Å². The topological polar surface area (TPSA) is 24.9 Å². The molecule has 3 heteroatoms. The Morgan fingerprint density at radius 2 is 2.29 bits per heavy atom. The molecule has 0 fully saturated rings. The van der Waals surface area contributed by atoms with Crippen LogP contribution in [0.2, 0.25) is 0 Å². The molecule has 2 aromatic rings. The number of pyridine rings is 1. The second-order valence-corrected chi connectivity index (χ2v) is 5.09. The van der Waals surface area contributed by atoms with Crippen LogP contribution in [0.15, 0.2) is 36.0 Å². The van der Waals surface area contributed by atoms with Gasteiger partial charge >= 0.3 is 0 Å². The van der Waals surface area contributed by atoms with E-state index in [0.29, 0.717) is 6.04 Å². The number of nitrogens with zero attached hydrogens (tertiary/aromatic N) is 1. The fraction of sp³-hybridized carbons (Fsp3) is 0.357. The Morgan fingerprint density at radius 1 is 1.41 bits per heavy atom. The van der Waals surface area contributed by atoms with Gasteiger partial charge in [0.05, 0.1) is 0 Å². The van der Waals surface area contributed by atoms with Crippen LogP contribution < -0.4 is 5.32 Å². The highest BCUT2D eigenvalue weighted by Gasteiger charge is 2.14. The van der Waals surface area contributed by atoms with Crippen molar-refractivity contribution < 1.29 is 0 Å². The van der Waals surface area contributed by atoms with Gasteiger partial charge in [-0.05, 0) is 48.5 Å². The Morgan fingerprint density at radius 3 is 2.88 bits per heavy atom. The highest BCUT2D eigenvalue weighted by molar-refractivity contribution is 7.10. The normalized spacial score (nSPS) is 12.6. The molecule has 1 N–H and O–H groups in total. The van der Waals surface area contributed by atoms with Crippen LogP contribution in [0.4, 0.5) is 0 Å². The molecule has 0 saturated heterocycles. The quantitative estimate of drug-likeness (QED) is 0.875. The van der Waals surface area contributed by atoms with Crippen LogP contribution in [0.25, 0.3) is 0 Å². The van der Waals surface area contributed by atoms with Gasteiger partial charge in [0.2, 0.25) is 0 Å². The van der Waals surface area contributed by atoms with E-state index in [4.69, 9.17) is 0 Å². The first kappa shape index (κ1) is 12.3. The van der Waals surface area contributed by atoms with E-state index in [9.17, 15) is 0 Å². The van der Waals surface area contributed by atoms with E-state index in [-0.39, 0.29) is 0 Å². The molecule has 2 nitrogen and oxygen atoms in total. The van der Waals surface area contributed by atoms with E-state index >= 15 is 0 Å². The zero-order chi connectivity index (χ0) is 12.1. The maximum absolute atomic E-state index is 4.18. The zero-order valence-corrected chi connectivity index (χ0v) is 11.1. The maximum atomic E-state index is 4.18. The molecule has 0 spiro atoms. The first-order chi connectivity index (χ1) is 8.31. The summed E-state index contributed by atoms with van der Waals surface area (Å²) in [4.78, 5) is 5.62. The molecular formula is C14H18N2S. The standard InChI is InChI=1S/C14H18N2S/c1-3-16-13(14-11(2)6-8-17-14)9-12-5-4-7-15-10-12/h4-8,10,13,16H,3,9H2,1-2H3. The molecule has 0 aliphatic rings. The van der Waals surface area contributed by atoms with Gasteiger partial charge in [-0.25, -0.2) is 0 Å². The molecule has 0 amide bonds. The van der Waals surface area contributed by atoms with Crippen LogP contribution in [-0.2, 0) is 6.42 Å². The second kappa shape index (κ2) is 5.94. The van der Waals surface area contributed by atoms with Crippen LogP contribution in [0.1, 0.15) is 29.0 Å². The summed E-state index contributed by atoms with van der Waals surface area (Å²) in [5.74, 6) is 0. The summed E-state index contributed by atoms with van der Waals surface area (Å²) in [6.07, 6.45) is 4.78. The van der Waals surface area contributed by atoms with Crippen LogP contribution in [0, 0.1) is 6.92 Å². The smallest absolute Gasteiger partial charge is 0.0458 e. The molecule has 1 unspecified atom stereocenters. The molecule has 0 aliphatic heterocycles. The van der Waals surface area contributed by atoms with E-state index in [1.165, 1.54) is 16.0 Å². The number of hydrogen-bond acceptors (Lipinski definition) is 3. The summed E-state index contributed by atoms with van der Waals surface area (Å²) in [7, 11) is 0. The molecule has 0 bridgehead atoms. The van der Waals surface area contributed by atoms with Crippen molar-refractivity contribution in [2.45, 2.75) is 26.3 Å². The van der Waals surface area contributed by atoms with Crippen molar-refractivity contribution >= 4 is 11.3 Å². The minimum atomic E-state index is 0.407. The molecule has 0 aromatic carbocycles. The number of rotatable bonds is 5. The first-order valence-electron chi connectivity index (χ1n) is 5.97. The number of aryl methyl sites for hydroxylation is 1. The molecule has 0 radical (unpaired) electrons. The van der Waals surface area contributed by atoms with Crippen LogP contribution in [-0.4, -0.2) is 11.5 Å². The van der Waals surface area contributed by atoms with Gasteiger partial charge in [-0.2, -0.15) is 0 Å². The third-order valence-corrected chi connectivity index (χ3v) is 3.96.